The molecule has 34 heavy (non-hydrogen) atoms. The van der Waals surface area contributed by atoms with Gasteiger partial charge in [-0.05, 0) is 57.0 Å². The topological polar surface area (TPSA) is 122 Å². The van der Waals surface area contributed by atoms with E-state index >= 15 is 0 Å². The quantitative estimate of drug-likeness (QED) is 0.486. The molecule has 1 aliphatic rings. The first-order valence-corrected chi connectivity index (χ1v) is 13.7. The van der Waals surface area contributed by atoms with Crippen LogP contribution in [-0.2, 0) is 9.84 Å². The molecule has 1 aromatic heterocycles. The lowest BCUT2D eigenvalue weighted by atomic mass is 10.1. The van der Waals surface area contributed by atoms with Crippen LogP contribution in [0.4, 0.5) is 5.13 Å². The zero-order chi connectivity index (χ0) is 24.6. The number of fused-ring (bicyclic) bond motifs is 1. The number of anilines is 1. The van der Waals surface area contributed by atoms with Crippen molar-refractivity contribution >= 4 is 59.9 Å². The molecule has 1 fully saturated rings. The molecule has 1 aliphatic heterocycles. The van der Waals surface area contributed by atoms with E-state index < -0.39 is 21.7 Å². The second-order valence-electron chi connectivity index (χ2n) is 8.47. The molecule has 2 aromatic carbocycles. The number of carbonyl (C=O) groups excluding carboxylic acids is 2. The highest BCUT2D eigenvalue weighted by molar-refractivity contribution is 7.91. The van der Waals surface area contributed by atoms with E-state index in [0.29, 0.717) is 28.8 Å². The molecular formula is C23H25ClN4O4S2. The molecule has 3 N–H and O–H groups in total. The van der Waals surface area contributed by atoms with Crippen LogP contribution in [0.15, 0.2) is 41.3 Å². The van der Waals surface area contributed by atoms with Crippen molar-refractivity contribution in [2.24, 2.45) is 5.73 Å². The van der Waals surface area contributed by atoms with E-state index in [1.807, 2.05) is 0 Å². The van der Waals surface area contributed by atoms with Gasteiger partial charge in [0, 0.05) is 18.6 Å². The molecule has 4 rings (SSSR count). The van der Waals surface area contributed by atoms with Gasteiger partial charge < -0.3 is 5.73 Å². The summed E-state index contributed by atoms with van der Waals surface area (Å²) in [6.45, 7) is 4.76. The second kappa shape index (κ2) is 9.61. The fraction of sp³-hybridized carbons (Fsp3) is 0.348. The Morgan fingerprint density at radius 3 is 2.53 bits per heavy atom. The fourth-order valence-corrected chi connectivity index (χ4v) is 6.79. The number of carbonyl (C=O) groups is 2. The van der Waals surface area contributed by atoms with E-state index in [1.54, 1.807) is 18.2 Å². The number of aromatic nitrogens is 1. The first-order chi connectivity index (χ1) is 16.1. The van der Waals surface area contributed by atoms with Crippen molar-refractivity contribution in [1.29, 1.82) is 0 Å². The summed E-state index contributed by atoms with van der Waals surface area (Å²) in [6, 6.07) is 9.98. The Hall–Kier alpha value is -2.53. The summed E-state index contributed by atoms with van der Waals surface area (Å²) in [6.07, 6.45) is 2.17. The van der Waals surface area contributed by atoms with Crippen molar-refractivity contribution in [3.05, 3.63) is 52.5 Å². The number of hydrogen-bond acceptors (Lipinski definition) is 7. The van der Waals surface area contributed by atoms with Crippen molar-refractivity contribution in [2.45, 2.75) is 43.7 Å². The minimum atomic E-state index is -3.47. The summed E-state index contributed by atoms with van der Waals surface area (Å²) >= 11 is 7.32. The van der Waals surface area contributed by atoms with Gasteiger partial charge in [-0.1, -0.05) is 29.0 Å². The van der Waals surface area contributed by atoms with E-state index in [-0.39, 0.29) is 31.9 Å². The van der Waals surface area contributed by atoms with Crippen LogP contribution in [0.2, 0.25) is 5.02 Å². The SMILES string of the molecule is CC1CCC(C)N1CCS(=O)(=O)c1ccc2nc(NC(=O)c3cccc(C(N)=O)c3Cl)sc2c1. The van der Waals surface area contributed by atoms with Gasteiger partial charge in [0.05, 0.1) is 37.0 Å². The number of nitrogens with two attached hydrogens (primary N) is 1. The van der Waals surface area contributed by atoms with Gasteiger partial charge in [-0.3, -0.25) is 19.8 Å². The molecule has 180 valence electrons. The van der Waals surface area contributed by atoms with E-state index in [4.69, 9.17) is 17.3 Å². The number of nitrogens with one attached hydrogen (secondary N) is 1. The maximum absolute atomic E-state index is 13.0. The third-order valence-electron chi connectivity index (χ3n) is 6.20. The minimum Gasteiger partial charge on any atom is -0.366 e. The van der Waals surface area contributed by atoms with E-state index in [2.05, 4.69) is 29.0 Å². The molecule has 3 aromatic rings. The van der Waals surface area contributed by atoms with Gasteiger partial charge in [0.1, 0.15) is 0 Å². The van der Waals surface area contributed by atoms with Gasteiger partial charge in [0.2, 0.25) is 5.91 Å². The first-order valence-electron chi connectivity index (χ1n) is 10.9. The number of thiazole rings is 1. The highest BCUT2D eigenvalue weighted by atomic mass is 35.5. The van der Waals surface area contributed by atoms with Crippen LogP contribution in [0.3, 0.4) is 0 Å². The van der Waals surface area contributed by atoms with E-state index in [1.165, 1.54) is 18.2 Å². The first kappa shape index (κ1) is 24.6. The zero-order valence-electron chi connectivity index (χ0n) is 18.7. The summed E-state index contributed by atoms with van der Waals surface area (Å²) in [7, 11) is -3.47. The minimum absolute atomic E-state index is 0.0383. The summed E-state index contributed by atoms with van der Waals surface area (Å²) in [5, 5.41) is 2.91. The third-order valence-corrected chi connectivity index (χ3v) is 9.23. The molecule has 0 spiro atoms. The maximum atomic E-state index is 13.0. The molecule has 11 heteroatoms. The molecule has 2 atom stereocenters. The van der Waals surface area contributed by atoms with Crippen LogP contribution in [0, 0.1) is 0 Å². The van der Waals surface area contributed by atoms with Crippen molar-refractivity contribution < 1.29 is 18.0 Å². The predicted molar refractivity (Wildman–Crippen MR) is 134 cm³/mol. The molecule has 2 heterocycles. The molecule has 2 amide bonds. The number of hydrogen-bond donors (Lipinski definition) is 2. The molecule has 0 saturated carbocycles. The molecule has 0 aliphatic carbocycles. The maximum Gasteiger partial charge on any atom is 0.258 e. The smallest absolute Gasteiger partial charge is 0.258 e. The second-order valence-corrected chi connectivity index (χ2v) is 12.0. The van der Waals surface area contributed by atoms with Gasteiger partial charge >= 0.3 is 0 Å². The van der Waals surface area contributed by atoms with E-state index in [0.717, 1.165) is 24.2 Å². The lowest BCUT2D eigenvalue weighted by Gasteiger charge is -2.25. The third kappa shape index (κ3) is 4.95. The van der Waals surface area contributed by atoms with Crippen LogP contribution in [0.5, 0.6) is 0 Å². The Morgan fingerprint density at radius 2 is 1.85 bits per heavy atom. The normalized spacial score (nSPS) is 18.9. The monoisotopic (exact) mass is 520 g/mol. The number of halogens is 1. The van der Waals surface area contributed by atoms with Gasteiger partial charge in [0.25, 0.3) is 5.91 Å². The Labute approximate surface area is 207 Å². The molecule has 0 radical (unpaired) electrons. The highest BCUT2D eigenvalue weighted by Gasteiger charge is 2.28. The molecule has 0 bridgehead atoms. The number of primary amides is 1. The lowest BCUT2D eigenvalue weighted by molar-refractivity contribution is 0.100. The average molecular weight is 521 g/mol. The number of rotatable bonds is 7. The van der Waals surface area contributed by atoms with E-state index in [9.17, 15) is 18.0 Å². The Bertz CT molecular complexity index is 1360. The zero-order valence-corrected chi connectivity index (χ0v) is 21.1. The van der Waals surface area contributed by atoms with Gasteiger partial charge in [0.15, 0.2) is 15.0 Å². The summed E-state index contributed by atoms with van der Waals surface area (Å²) < 4.78 is 26.6. The highest BCUT2D eigenvalue weighted by Crippen LogP contribution is 2.30. The Morgan fingerprint density at radius 1 is 1.18 bits per heavy atom. The van der Waals surface area contributed by atoms with Gasteiger partial charge in [-0.25, -0.2) is 13.4 Å². The fourth-order valence-electron chi connectivity index (χ4n) is 4.25. The lowest BCUT2D eigenvalue weighted by Crippen LogP contribution is -2.36. The summed E-state index contributed by atoms with van der Waals surface area (Å²) in [5.74, 6) is -1.24. The largest absolute Gasteiger partial charge is 0.366 e. The van der Waals surface area contributed by atoms with Crippen LogP contribution < -0.4 is 11.1 Å². The standard InChI is InChI=1S/C23H25ClN4O4S2/c1-13-6-7-14(2)28(13)10-11-34(31,32)15-8-9-18-19(12-15)33-23(26-18)27-22(30)17-5-3-4-16(20(17)24)21(25)29/h3-5,8-9,12-14H,6-7,10-11H2,1-2H3,(H2,25,29)(H,26,27,30). The van der Waals surface area contributed by atoms with Crippen LogP contribution in [-0.4, -0.2) is 54.5 Å². The van der Waals surface area contributed by atoms with Gasteiger partial charge in [-0.2, -0.15) is 0 Å². The van der Waals surface area contributed by atoms with Crippen LogP contribution in [0.1, 0.15) is 47.4 Å². The average Bonchev–Trinajstić information content (AvgIpc) is 3.33. The number of likely N-dealkylation sites (tertiary alicyclic amines) is 1. The predicted octanol–water partition coefficient (Wildman–Crippen LogP) is 3.95. The molecular weight excluding hydrogens is 496 g/mol. The number of amides is 2. The van der Waals surface area contributed by atoms with Crippen molar-refractivity contribution in [3.63, 3.8) is 0 Å². The molecule has 8 nitrogen and oxygen atoms in total. The van der Waals surface area contributed by atoms with Crippen molar-refractivity contribution in [1.82, 2.24) is 9.88 Å². The van der Waals surface area contributed by atoms with Crippen LogP contribution >= 0.6 is 22.9 Å². The van der Waals surface area contributed by atoms with Gasteiger partial charge in [-0.15, -0.1) is 0 Å². The number of benzene rings is 2. The number of nitrogens with zero attached hydrogens (tertiary/aromatic N) is 2. The number of sulfone groups is 1. The summed E-state index contributed by atoms with van der Waals surface area (Å²) in [4.78, 5) is 31.0. The Balaban J connectivity index is 1.52. The van der Waals surface area contributed by atoms with Crippen molar-refractivity contribution in [2.75, 3.05) is 17.6 Å². The summed E-state index contributed by atoms with van der Waals surface area (Å²) in [5.41, 5.74) is 5.99. The van der Waals surface area contributed by atoms with Crippen LogP contribution in [0.25, 0.3) is 10.2 Å². The molecule has 2 unspecified atom stereocenters. The van der Waals surface area contributed by atoms with Crippen molar-refractivity contribution in [3.8, 4) is 0 Å². The Kier molecular flexibility index (Phi) is 6.95. The molecule has 1 saturated heterocycles.